The third-order valence-electron chi connectivity index (χ3n) is 3.51. The Labute approximate surface area is 129 Å². The predicted molar refractivity (Wildman–Crippen MR) is 85.1 cm³/mol. The van der Waals surface area contributed by atoms with Gasteiger partial charge in [0.25, 0.3) is 0 Å². The molecule has 1 atom stereocenters. The zero-order valence-electron chi connectivity index (χ0n) is 12.6. The molecule has 6 nitrogen and oxygen atoms in total. The molecule has 3 aromatic heterocycles. The van der Waals surface area contributed by atoms with E-state index in [4.69, 9.17) is 0 Å². The fraction of sp³-hybridized carbons (Fsp3) is 0.250. The van der Waals surface area contributed by atoms with Crippen LogP contribution in [0.2, 0.25) is 0 Å². The van der Waals surface area contributed by atoms with E-state index in [0.717, 1.165) is 23.5 Å². The van der Waals surface area contributed by atoms with Crippen molar-refractivity contribution in [2.75, 3.05) is 5.32 Å². The van der Waals surface area contributed by atoms with Crippen LogP contribution in [0.1, 0.15) is 25.1 Å². The predicted octanol–water partition coefficient (Wildman–Crippen LogP) is 2.84. The molecular formula is C16H18N6. The molecule has 0 saturated carbocycles. The van der Waals surface area contributed by atoms with Crippen LogP contribution < -0.4 is 5.32 Å². The van der Waals surface area contributed by atoms with Crippen molar-refractivity contribution in [1.82, 2.24) is 24.7 Å². The van der Waals surface area contributed by atoms with Crippen LogP contribution in [0, 0.1) is 0 Å². The van der Waals surface area contributed by atoms with E-state index in [1.807, 2.05) is 42.1 Å². The molecule has 0 aromatic carbocycles. The van der Waals surface area contributed by atoms with E-state index < -0.39 is 0 Å². The summed E-state index contributed by atoms with van der Waals surface area (Å²) in [4.78, 5) is 13.2. The van der Waals surface area contributed by atoms with E-state index in [1.54, 1.807) is 18.6 Å². The van der Waals surface area contributed by atoms with Gasteiger partial charge in [0.05, 0.1) is 23.1 Å². The van der Waals surface area contributed by atoms with Gasteiger partial charge in [-0.15, -0.1) is 0 Å². The van der Waals surface area contributed by atoms with Gasteiger partial charge in [-0.25, -0.2) is 9.97 Å². The van der Waals surface area contributed by atoms with Crippen LogP contribution in [0.15, 0.2) is 48.9 Å². The molecule has 0 radical (unpaired) electrons. The second-order valence-corrected chi connectivity index (χ2v) is 4.97. The Morgan fingerprint density at radius 3 is 2.64 bits per heavy atom. The molecule has 22 heavy (non-hydrogen) atoms. The fourth-order valence-corrected chi connectivity index (χ4v) is 2.35. The van der Waals surface area contributed by atoms with Gasteiger partial charge in [0.2, 0.25) is 5.95 Å². The number of nitrogens with zero attached hydrogens (tertiary/aromatic N) is 5. The Bertz CT molecular complexity index is 737. The van der Waals surface area contributed by atoms with Gasteiger partial charge in [-0.3, -0.25) is 9.67 Å². The molecule has 0 aliphatic carbocycles. The molecule has 1 N–H and O–H groups in total. The number of aromatic nitrogens is 5. The number of nitrogens with one attached hydrogen (secondary N) is 1. The molecule has 6 heteroatoms. The third kappa shape index (κ3) is 2.95. The van der Waals surface area contributed by atoms with E-state index in [-0.39, 0.29) is 6.04 Å². The highest BCUT2D eigenvalue weighted by atomic mass is 15.3. The SMILES string of the molecule is CCC(Nc1nccc(-c2ccccn2)n1)c1ccnn1C. The largest absolute Gasteiger partial charge is 0.346 e. The fourth-order valence-electron chi connectivity index (χ4n) is 2.35. The molecule has 112 valence electrons. The van der Waals surface area contributed by atoms with Gasteiger partial charge in [-0.2, -0.15) is 5.10 Å². The van der Waals surface area contributed by atoms with Crippen LogP contribution in [-0.2, 0) is 7.05 Å². The van der Waals surface area contributed by atoms with Crippen LogP contribution in [0.3, 0.4) is 0 Å². The standard InChI is InChI=1S/C16H18N6/c1-3-12(15-8-11-19-22(15)2)20-16-18-10-7-14(21-16)13-6-4-5-9-17-13/h4-12H,3H2,1-2H3,(H,18,20,21). The number of anilines is 1. The Balaban J connectivity index is 1.85. The van der Waals surface area contributed by atoms with E-state index in [1.165, 1.54) is 0 Å². The Morgan fingerprint density at radius 1 is 1.05 bits per heavy atom. The second-order valence-electron chi connectivity index (χ2n) is 4.97. The molecule has 0 aliphatic heterocycles. The van der Waals surface area contributed by atoms with Crippen LogP contribution in [0.5, 0.6) is 0 Å². The van der Waals surface area contributed by atoms with Gasteiger partial charge in [-0.05, 0) is 30.7 Å². The summed E-state index contributed by atoms with van der Waals surface area (Å²) >= 11 is 0. The minimum absolute atomic E-state index is 0.117. The lowest BCUT2D eigenvalue weighted by Gasteiger charge is -2.17. The molecule has 3 aromatic rings. The Kier molecular flexibility index (Phi) is 4.09. The topological polar surface area (TPSA) is 68.5 Å². The Morgan fingerprint density at radius 2 is 1.95 bits per heavy atom. The second kappa shape index (κ2) is 6.34. The lowest BCUT2D eigenvalue weighted by atomic mass is 10.1. The zero-order valence-corrected chi connectivity index (χ0v) is 12.6. The van der Waals surface area contributed by atoms with E-state index >= 15 is 0 Å². The van der Waals surface area contributed by atoms with Gasteiger partial charge >= 0.3 is 0 Å². The van der Waals surface area contributed by atoms with E-state index in [9.17, 15) is 0 Å². The summed E-state index contributed by atoms with van der Waals surface area (Å²) in [7, 11) is 1.94. The normalized spacial score (nSPS) is 12.1. The maximum atomic E-state index is 4.56. The van der Waals surface area contributed by atoms with E-state index in [2.05, 4.69) is 32.3 Å². The van der Waals surface area contributed by atoms with Crippen LogP contribution in [0.4, 0.5) is 5.95 Å². The van der Waals surface area contributed by atoms with Crippen molar-refractivity contribution in [2.24, 2.45) is 7.05 Å². The van der Waals surface area contributed by atoms with E-state index in [0.29, 0.717) is 5.95 Å². The minimum Gasteiger partial charge on any atom is -0.346 e. The van der Waals surface area contributed by atoms with Gasteiger partial charge < -0.3 is 5.32 Å². The average molecular weight is 294 g/mol. The first-order valence-corrected chi connectivity index (χ1v) is 7.27. The number of pyridine rings is 1. The molecule has 0 spiro atoms. The van der Waals surface area contributed by atoms with Gasteiger partial charge in [-0.1, -0.05) is 13.0 Å². The third-order valence-corrected chi connectivity index (χ3v) is 3.51. The molecular weight excluding hydrogens is 276 g/mol. The van der Waals surface area contributed by atoms with Gasteiger partial charge in [0.1, 0.15) is 0 Å². The average Bonchev–Trinajstić information content (AvgIpc) is 3.00. The highest BCUT2D eigenvalue weighted by Crippen LogP contribution is 2.21. The first kappa shape index (κ1) is 14.2. The smallest absolute Gasteiger partial charge is 0.223 e. The minimum atomic E-state index is 0.117. The van der Waals surface area contributed by atoms with Crippen LogP contribution in [0.25, 0.3) is 11.4 Å². The molecule has 0 aliphatic rings. The van der Waals surface area contributed by atoms with Crippen LogP contribution >= 0.6 is 0 Å². The number of aryl methyl sites for hydroxylation is 1. The molecule has 1 unspecified atom stereocenters. The molecule has 0 saturated heterocycles. The highest BCUT2D eigenvalue weighted by molar-refractivity contribution is 5.54. The first-order valence-electron chi connectivity index (χ1n) is 7.27. The van der Waals surface area contributed by atoms with Crippen molar-refractivity contribution < 1.29 is 0 Å². The van der Waals surface area contributed by atoms with Crippen molar-refractivity contribution in [3.05, 3.63) is 54.6 Å². The number of rotatable bonds is 5. The lowest BCUT2D eigenvalue weighted by Crippen LogP contribution is -2.15. The number of hydrogen-bond donors (Lipinski definition) is 1. The summed E-state index contributed by atoms with van der Waals surface area (Å²) in [5.41, 5.74) is 2.74. The molecule has 3 heterocycles. The molecule has 3 rings (SSSR count). The molecule has 0 amide bonds. The summed E-state index contributed by atoms with van der Waals surface area (Å²) in [6.07, 6.45) is 6.21. The van der Waals surface area contributed by atoms with Crippen LogP contribution in [-0.4, -0.2) is 24.7 Å². The maximum Gasteiger partial charge on any atom is 0.223 e. The highest BCUT2D eigenvalue weighted by Gasteiger charge is 2.14. The monoisotopic (exact) mass is 294 g/mol. The summed E-state index contributed by atoms with van der Waals surface area (Å²) in [5.74, 6) is 0.594. The molecule has 0 bridgehead atoms. The summed E-state index contributed by atoms with van der Waals surface area (Å²) in [6.45, 7) is 2.12. The molecule has 0 fully saturated rings. The zero-order chi connectivity index (χ0) is 15.4. The van der Waals surface area contributed by atoms with Crippen molar-refractivity contribution in [2.45, 2.75) is 19.4 Å². The Hall–Kier alpha value is -2.76. The summed E-state index contributed by atoms with van der Waals surface area (Å²) in [6, 6.07) is 9.75. The van der Waals surface area contributed by atoms with Crippen molar-refractivity contribution in [1.29, 1.82) is 0 Å². The first-order chi connectivity index (χ1) is 10.8. The summed E-state index contributed by atoms with van der Waals surface area (Å²) in [5, 5.41) is 7.59. The van der Waals surface area contributed by atoms with Crippen molar-refractivity contribution >= 4 is 5.95 Å². The lowest BCUT2D eigenvalue weighted by molar-refractivity contribution is 0.630. The van der Waals surface area contributed by atoms with Crippen molar-refractivity contribution in [3.63, 3.8) is 0 Å². The summed E-state index contributed by atoms with van der Waals surface area (Å²) < 4.78 is 1.86. The number of hydrogen-bond acceptors (Lipinski definition) is 5. The van der Waals surface area contributed by atoms with Gasteiger partial charge in [0.15, 0.2) is 0 Å². The maximum absolute atomic E-state index is 4.56. The quantitative estimate of drug-likeness (QED) is 0.783. The van der Waals surface area contributed by atoms with Gasteiger partial charge in [0, 0.05) is 25.6 Å². The van der Waals surface area contributed by atoms with Crippen molar-refractivity contribution in [3.8, 4) is 11.4 Å².